The lowest BCUT2D eigenvalue weighted by atomic mass is 9.76. The van der Waals surface area contributed by atoms with E-state index in [1.807, 2.05) is 12.3 Å². The first-order valence-electron chi connectivity index (χ1n) is 6.31. The molecule has 0 spiro atoms. The van der Waals surface area contributed by atoms with Crippen molar-refractivity contribution in [1.82, 2.24) is 0 Å². The molecule has 0 N–H and O–H groups in total. The zero-order valence-corrected chi connectivity index (χ0v) is 12.6. The predicted molar refractivity (Wildman–Crippen MR) is 80.0 cm³/mol. The molecule has 104 valence electrons. The van der Waals surface area contributed by atoms with Crippen LogP contribution in [0.2, 0.25) is 5.02 Å². The summed E-state index contributed by atoms with van der Waals surface area (Å²) in [4.78, 5) is 24.6. The summed E-state index contributed by atoms with van der Waals surface area (Å²) in [7, 11) is 0. The Labute approximate surface area is 127 Å². The Bertz CT molecular complexity index is 576. The van der Waals surface area contributed by atoms with Gasteiger partial charge in [0.1, 0.15) is 17.5 Å². The summed E-state index contributed by atoms with van der Waals surface area (Å²) in [5.41, 5.74) is 0.696. The average Bonchev–Trinajstić information content (AvgIpc) is 2.40. The van der Waals surface area contributed by atoms with Gasteiger partial charge in [0.25, 0.3) is 0 Å². The van der Waals surface area contributed by atoms with Gasteiger partial charge in [-0.05, 0) is 30.1 Å². The van der Waals surface area contributed by atoms with Crippen LogP contribution in [0, 0.1) is 17.2 Å². The van der Waals surface area contributed by atoms with Gasteiger partial charge in [0, 0.05) is 23.4 Å². The van der Waals surface area contributed by atoms with Crippen molar-refractivity contribution >= 4 is 34.9 Å². The molecule has 0 bridgehead atoms. The Kier molecular flexibility index (Phi) is 4.85. The van der Waals surface area contributed by atoms with Gasteiger partial charge in [0.2, 0.25) is 0 Å². The minimum absolute atomic E-state index is 0.106. The maximum Gasteiger partial charge on any atom is 0.148 e. The summed E-state index contributed by atoms with van der Waals surface area (Å²) >= 11 is 7.75. The summed E-state index contributed by atoms with van der Waals surface area (Å²) in [5, 5.41) is 9.47. The lowest BCUT2D eigenvalue weighted by Crippen LogP contribution is -2.33. The molecule has 1 aromatic carbocycles. The first kappa shape index (κ1) is 15.1. The number of rotatable bonds is 3. The fourth-order valence-corrected chi connectivity index (χ4v) is 3.65. The van der Waals surface area contributed by atoms with Crippen LogP contribution in [0.4, 0.5) is 0 Å². The number of hydrogen-bond donors (Lipinski definition) is 0. The zero-order valence-electron chi connectivity index (χ0n) is 11.1. The number of carbonyl (C=O) groups excluding carboxylic acids is 2. The van der Waals surface area contributed by atoms with Gasteiger partial charge in [-0.3, -0.25) is 9.59 Å². The number of thioether (sulfide) groups is 1. The molecular weight excluding hydrogens is 294 g/mol. The molecule has 1 aromatic rings. The molecule has 0 heterocycles. The molecule has 0 amide bonds. The Balaban J connectivity index is 2.37. The first-order valence-corrected chi connectivity index (χ1v) is 8.08. The van der Waals surface area contributed by atoms with E-state index in [9.17, 15) is 9.59 Å². The fourth-order valence-electron chi connectivity index (χ4n) is 2.66. The van der Waals surface area contributed by atoms with E-state index in [1.54, 1.807) is 30.0 Å². The number of nitrogens with zero attached hydrogens (tertiary/aromatic N) is 1. The third kappa shape index (κ3) is 2.89. The van der Waals surface area contributed by atoms with E-state index in [0.29, 0.717) is 29.0 Å². The Morgan fingerprint density at radius 2 is 2.00 bits per heavy atom. The van der Waals surface area contributed by atoms with Crippen molar-refractivity contribution in [3.63, 3.8) is 0 Å². The monoisotopic (exact) mass is 307 g/mol. The molecule has 5 heteroatoms. The number of benzene rings is 1. The standard InChI is InChI=1S/C15H14ClNO2S/c1-20-8-9-5-12(18)15(13(19)6-9)14-10(7-17)3-2-4-11(14)16/h2-4,9,15H,5-6,8H2,1H3. The maximum atomic E-state index is 12.3. The first-order chi connectivity index (χ1) is 9.58. The minimum atomic E-state index is -0.864. The van der Waals surface area contributed by atoms with Gasteiger partial charge < -0.3 is 0 Å². The van der Waals surface area contributed by atoms with Gasteiger partial charge in [-0.25, -0.2) is 0 Å². The molecule has 1 aliphatic carbocycles. The highest BCUT2D eigenvalue weighted by Crippen LogP contribution is 2.36. The molecule has 1 fully saturated rings. The van der Waals surface area contributed by atoms with Crippen LogP contribution in [0.5, 0.6) is 0 Å². The van der Waals surface area contributed by atoms with Crippen LogP contribution in [-0.2, 0) is 9.59 Å². The molecular formula is C15H14ClNO2S. The van der Waals surface area contributed by atoms with Crippen molar-refractivity contribution in [2.75, 3.05) is 12.0 Å². The van der Waals surface area contributed by atoms with Crippen molar-refractivity contribution in [1.29, 1.82) is 5.26 Å². The highest BCUT2D eigenvalue weighted by atomic mass is 35.5. The molecule has 0 unspecified atom stereocenters. The predicted octanol–water partition coefficient (Wildman–Crippen LogP) is 3.21. The second-order valence-corrected chi connectivity index (χ2v) is 6.23. The molecule has 3 nitrogen and oxygen atoms in total. The van der Waals surface area contributed by atoms with Crippen molar-refractivity contribution in [2.24, 2.45) is 5.92 Å². The lowest BCUT2D eigenvalue weighted by Gasteiger charge is -2.27. The van der Waals surface area contributed by atoms with E-state index in [0.717, 1.165) is 5.75 Å². The van der Waals surface area contributed by atoms with E-state index in [4.69, 9.17) is 16.9 Å². The molecule has 0 aliphatic heterocycles. The number of Topliss-reactive ketones (excluding diaryl/α,β-unsaturated/α-hetero) is 2. The Hall–Kier alpha value is -1.31. The van der Waals surface area contributed by atoms with Crippen LogP contribution >= 0.6 is 23.4 Å². The molecule has 2 rings (SSSR count). The number of hydrogen-bond acceptors (Lipinski definition) is 4. The number of carbonyl (C=O) groups is 2. The summed E-state index contributed by atoms with van der Waals surface area (Å²) in [5.74, 6) is -0.196. The third-order valence-corrected chi connectivity index (χ3v) is 4.62. The lowest BCUT2D eigenvalue weighted by molar-refractivity contribution is -0.133. The molecule has 0 atom stereocenters. The van der Waals surface area contributed by atoms with E-state index < -0.39 is 5.92 Å². The van der Waals surface area contributed by atoms with Crippen LogP contribution in [0.3, 0.4) is 0 Å². The van der Waals surface area contributed by atoms with Crippen LogP contribution in [0.25, 0.3) is 0 Å². The molecule has 1 saturated carbocycles. The Morgan fingerprint density at radius 1 is 1.35 bits per heavy atom. The largest absolute Gasteiger partial charge is 0.299 e. The van der Waals surface area contributed by atoms with Crippen LogP contribution in [0.15, 0.2) is 18.2 Å². The van der Waals surface area contributed by atoms with E-state index in [-0.39, 0.29) is 17.5 Å². The van der Waals surface area contributed by atoms with E-state index in [2.05, 4.69) is 0 Å². The molecule has 20 heavy (non-hydrogen) atoms. The second kappa shape index (κ2) is 6.43. The van der Waals surface area contributed by atoms with Crippen molar-refractivity contribution in [3.8, 4) is 6.07 Å². The third-order valence-electron chi connectivity index (χ3n) is 3.49. The average molecular weight is 308 g/mol. The van der Waals surface area contributed by atoms with Gasteiger partial charge in [0.15, 0.2) is 0 Å². The zero-order chi connectivity index (χ0) is 14.7. The van der Waals surface area contributed by atoms with E-state index in [1.165, 1.54) is 0 Å². The van der Waals surface area contributed by atoms with Gasteiger partial charge in [-0.15, -0.1) is 0 Å². The second-order valence-electron chi connectivity index (χ2n) is 4.91. The van der Waals surface area contributed by atoms with Gasteiger partial charge in [-0.2, -0.15) is 17.0 Å². The van der Waals surface area contributed by atoms with Gasteiger partial charge in [0.05, 0.1) is 11.6 Å². The molecule has 1 aliphatic rings. The maximum absolute atomic E-state index is 12.3. The van der Waals surface area contributed by atoms with Crippen molar-refractivity contribution in [3.05, 3.63) is 34.3 Å². The number of nitriles is 1. The minimum Gasteiger partial charge on any atom is -0.299 e. The summed E-state index contributed by atoms with van der Waals surface area (Å²) < 4.78 is 0. The van der Waals surface area contributed by atoms with E-state index >= 15 is 0 Å². The summed E-state index contributed by atoms with van der Waals surface area (Å²) in [6, 6.07) is 6.88. The van der Waals surface area contributed by atoms with Crippen LogP contribution in [0.1, 0.15) is 29.9 Å². The Morgan fingerprint density at radius 3 is 2.55 bits per heavy atom. The highest BCUT2D eigenvalue weighted by Gasteiger charge is 2.38. The molecule has 0 radical (unpaired) electrons. The topological polar surface area (TPSA) is 57.9 Å². The van der Waals surface area contributed by atoms with Gasteiger partial charge in [-0.1, -0.05) is 17.7 Å². The highest BCUT2D eigenvalue weighted by molar-refractivity contribution is 7.98. The summed E-state index contributed by atoms with van der Waals surface area (Å²) in [6.45, 7) is 0. The summed E-state index contributed by atoms with van der Waals surface area (Å²) in [6.07, 6.45) is 2.73. The van der Waals surface area contributed by atoms with Gasteiger partial charge >= 0.3 is 0 Å². The van der Waals surface area contributed by atoms with Crippen LogP contribution in [-0.4, -0.2) is 23.6 Å². The number of halogens is 1. The molecule has 0 saturated heterocycles. The quantitative estimate of drug-likeness (QED) is 0.805. The van der Waals surface area contributed by atoms with Crippen molar-refractivity contribution in [2.45, 2.75) is 18.8 Å². The van der Waals surface area contributed by atoms with Crippen molar-refractivity contribution < 1.29 is 9.59 Å². The fraction of sp³-hybridized carbons (Fsp3) is 0.400. The number of ketones is 2. The normalized spacial score (nSPS) is 22.6. The SMILES string of the molecule is CSCC1CC(=O)C(c2c(Cl)cccc2C#N)C(=O)C1. The van der Waals surface area contributed by atoms with Crippen LogP contribution < -0.4 is 0 Å². The smallest absolute Gasteiger partial charge is 0.148 e. The molecule has 0 aromatic heterocycles.